The Morgan fingerprint density at radius 2 is 0.958 bits per heavy atom. The summed E-state index contributed by atoms with van der Waals surface area (Å²) >= 11 is 11.5. The van der Waals surface area contributed by atoms with Gasteiger partial charge in [0.25, 0.3) is 0 Å². The van der Waals surface area contributed by atoms with Crippen molar-refractivity contribution in [1.82, 2.24) is 29.5 Å². The van der Waals surface area contributed by atoms with Gasteiger partial charge < -0.3 is 22.9 Å². The number of anilines is 4. The topological polar surface area (TPSA) is 218 Å². The number of hydrogen-bond donors (Lipinski definition) is 4. The van der Waals surface area contributed by atoms with Gasteiger partial charge in [-0.3, -0.25) is 9.36 Å². The Kier molecular flexibility index (Phi) is 16.4. The van der Waals surface area contributed by atoms with Crippen molar-refractivity contribution in [2.75, 3.05) is 22.9 Å². The van der Waals surface area contributed by atoms with Crippen LogP contribution in [0.5, 0.6) is 0 Å². The van der Waals surface area contributed by atoms with E-state index in [9.17, 15) is 0 Å². The zero-order chi connectivity index (χ0) is 50.2. The van der Waals surface area contributed by atoms with Crippen molar-refractivity contribution in [2.24, 2.45) is 10.2 Å². The van der Waals surface area contributed by atoms with Crippen molar-refractivity contribution in [2.45, 2.75) is 25.9 Å². The van der Waals surface area contributed by atoms with Crippen molar-refractivity contribution in [3.63, 3.8) is 0 Å². The number of azo groups is 1. The highest BCUT2D eigenvalue weighted by Gasteiger charge is 2.13. The van der Waals surface area contributed by atoms with Gasteiger partial charge in [-0.25, -0.2) is 9.97 Å². The Morgan fingerprint density at radius 3 is 1.49 bits per heavy atom. The van der Waals surface area contributed by atoms with E-state index in [1.54, 1.807) is 54.6 Å². The summed E-state index contributed by atoms with van der Waals surface area (Å²) in [6.45, 7) is 1.48. The van der Waals surface area contributed by atoms with E-state index in [2.05, 4.69) is 91.9 Å². The molecule has 4 heterocycles. The van der Waals surface area contributed by atoms with Crippen LogP contribution < -0.4 is 22.9 Å². The van der Waals surface area contributed by atoms with Crippen LogP contribution in [-0.4, -0.2) is 29.5 Å². The van der Waals surface area contributed by atoms with Gasteiger partial charge in [0.2, 0.25) is 5.39 Å². The van der Waals surface area contributed by atoms with Gasteiger partial charge in [-0.05, 0) is 125 Å². The van der Waals surface area contributed by atoms with Gasteiger partial charge >= 0.3 is 5.69 Å². The first-order chi connectivity index (χ1) is 35.0. The largest absolute Gasteiger partial charge is 0.385 e. The molecule has 10 rings (SSSR count). The molecule has 0 unspecified atom stereocenters. The molecule has 10 aromatic rings. The van der Waals surface area contributed by atoms with Gasteiger partial charge in [-0.2, -0.15) is 15.3 Å². The summed E-state index contributed by atoms with van der Waals surface area (Å²) in [5.41, 5.74) is 36.0. The smallest absolute Gasteiger partial charge is 0.384 e. The predicted molar refractivity (Wildman–Crippen MR) is 290 cm³/mol. The average Bonchev–Trinajstić information content (AvgIpc) is 4.06. The molecule has 0 saturated carbocycles. The second-order valence-corrected chi connectivity index (χ2v) is 17.4. The average molecular weight is 989 g/mol. The molecule has 16 heteroatoms. The maximum atomic E-state index is 8.21. The molecule has 0 fully saturated rings. The summed E-state index contributed by atoms with van der Waals surface area (Å²) < 4.78 is 3.90. The second kappa shape index (κ2) is 23.9. The first-order valence-corrected chi connectivity index (χ1v) is 23.5. The summed E-state index contributed by atoms with van der Waals surface area (Å²) in [6, 6.07) is 60.4. The van der Waals surface area contributed by atoms with Crippen molar-refractivity contribution < 1.29 is 0 Å². The standard InChI is InChI=1S/C28H24ClN7.C22H21N5.C6H4ClN2/c29-23-9-11-24(12-10-23)33-34-27-22(17-26(30)32-28(27)31)16-20-7-4-8-21(15-20)25-13-14-36(35-25)18-19-5-2-1-3-6-19;23-21-13-18(14-22(24)25-21)11-17-7-4-8-19(12-17)20-9-10-27(26-20)15-16-5-2-1-3-6-16;7-5-1-3-6(9-8)4-2-5/h1-15,17H,16,18H2,(H4,30,31,32);1-10,12-14H,11,15H2,(H4,23,24,25);1-4H/q;;+1. The fraction of sp³-hybridized carbons (Fsp3) is 0.0714. The second-order valence-electron chi connectivity index (χ2n) is 16.5. The number of halogens is 2. The molecule has 72 heavy (non-hydrogen) atoms. The number of aromatic nitrogens is 6. The van der Waals surface area contributed by atoms with E-state index in [0.717, 1.165) is 58.7 Å². The molecule has 0 saturated heterocycles. The molecule has 0 radical (unpaired) electrons. The Bertz CT molecular complexity index is 3420. The van der Waals surface area contributed by atoms with Gasteiger partial charge in [-0.15, -0.1) is 5.11 Å². The quantitative estimate of drug-likeness (QED) is 0.0675. The molecule has 0 amide bonds. The number of benzene rings is 6. The third-order valence-electron chi connectivity index (χ3n) is 11.0. The summed E-state index contributed by atoms with van der Waals surface area (Å²) in [7, 11) is 0. The maximum Gasteiger partial charge on any atom is 0.385 e. The van der Waals surface area contributed by atoms with Gasteiger partial charge in [-0.1, -0.05) is 120 Å². The molecule has 0 aliphatic carbocycles. The van der Waals surface area contributed by atoms with Gasteiger partial charge in [0.1, 0.15) is 23.1 Å². The lowest BCUT2D eigenvalue weighted by molar-refractivity contribution is 0.689. The minimum Gasteiger partial charge on any atom is -0.384 e. The molecule has 0 aliphatic rings. The molecule has 0 spiro atoms. The van der Waals surface area contributed by atoms with Crippen LogP contribution in [0.4, 0.5) is 40.3 Å². The fourth-order valence-corrected chi connectivity index (χ4v) is 7.88. The van der Waals surface area contributed by atoms with E-state index in [-0.39, 0.29) is 5.82 Å². The van der Waals surface area contributed by atoms with Gasteiger partial charge in [0.05, 0.1) is 30.2 Å². The number of hydrogen-bond acceptors (Lipinski definition) is 11. The molecule has 6 aromatic carbocycles. The molecule has 0 aliphatic heterocycles. The van der Waals surface area contributed by atoms with E-state index in [0.29, 0.717) is 51.0 Å². The van der Waals surface area contributed by atoms with Crippen LogP contribution in [0.15, 0.2) is 211 Å². The zero-order valence-corrected chi connectivity index (χ0v) is 40.4. The fourth-order valence-electron chi connectivity index (χ4n) is 7.63. The number of nitrogens with two attached hydrogens (primary N) is 4. The number of rotatable bonds is 12. The predicted octanol–water partition coefficient (Wildman–Crippen LogP) is 13.4. The van der Waals surface area contributed by atoms with Crippen LogP contribution in [0, 0.1) is 5.39 Å². The van der Waals surface area contributed by atoms with Crippen molar-refractivity contribution >= 4 is 63.5 Å². The summed E-state index contributed by atoms with van der Waals surface area (Å²) in [4.78, 5) is 11.1. The minimum atomic E-state index is 0.235. The van der Waals surface area contributed by atoms with Crippen LogP contribution in [0.25, 0.3) is 27.5 Å². The van der Waals surface area contributed by atoms with Crippen molar-refractivity contribution in [3.8, 4) is 22.5 Å². The molecule has 0 atom stereocenters. The van der Waals surface area contributed by atoms with Crippen LogP contribution in [0.2, 0.25) is 10.0 Å². The Labute approximate surface area is 426 Å². The molecule has 8 N–H and O–H groups in total. The molecule has 4 aromatic heterocycles. The van der Waals surface area contributed by atoms with Crippen LogP contribution in [-0.2, 0) is 25.9 Å². The van der Waals surface area contributed by atoms with Crippen molar-refractivity contribution in [1.29, 1.82) is 5.39 Å². The SMILES string of the molecule is N#[N+]c1ccc(Cl)cc1.Nc1cc(Cc2cccc(-c3ccn(Cc4ccccc4)n3)c2)c(N=Nc2ccc(Cl)cc2)c(N)n1.Nc1cc(Cc2cccc(-c3ccn(Cc4ccccc4)n3)c2)cc(N)n1. The van der Waals surface area contributed by atoms with E-state index in [4.69, 9.17) is 61.7 Å². The lowest BCUT2D eigenvalue weighted by Crippen LogP contribution is -2.01. The number of nitrogen functional groups attached to an aromatic ring is 4. The molecule has 14 nitrogen and oxygen atoms in total. The first kappa shape index (κ1) is 49.3. The highest BCUT2D eigenvalue weighted by Crippen LogP contribution is 2.32. The van der Waals surface area contributed by atoms with Gasteiger partial charge in [0.15, 0.2) is 10.8 Å². The maximum absolute atomic E-state index is 8.21. The van der Waals surface area contributed by atoms with E-state index in [1.165, 1.54) is 16.7 Å². The third kappa shape index (κ3) is 14.2. The van der Waals surface area contributed by atoms with Gasteiger partial charge in [0, 0.05) is 45.7 Å². The lowest BCUT2D eigenvalue weighted by atomic mass is 10.0. The number of diazo groups is 1. The number of nitrogens with zero attached hydrogens (tertiary/aromatic N) is 10. The normalized spacial score (nSPS) is 10.7. The lowest BCUT2D eigenvalue weighted by Gasteiger charge is -2.10. The van der Waals surface area contributed by atoms with Crippen molar-refractivity contribution in [3.05, 3.63) is 249 Å². The molecular weight excluding hydrogens is 940 g/mol. The summed E-state index contributed by atoms with van der Waals surface area (Å²) in [5, 5.41) is 27.7. The van der Waals surface area contributed by atoms with E-state index in [1.807, 2.05) is 88.5 Å². The highest BCUT2D eigenvalue weighted by molar-refractivity contribution is 6.30. The Balaban J connectivity index is 0.000000169. The molecular formula is C56H49Cl2N14+. The summed E-state index contributed by atoms with van der Waals surface area (Å²) in [5.74, 6) is 1.46. The monoisotopic (exact) mass is 987 g/mol. The van der Waals surface area contributed by atoms with Crippen LogP contribution in [0.3, 0.4) is 0 Å². The zero-order valence-electron chi connectivity index (χ0n) is 38.9. The highest BCUT2D eigenvalue weighted by atomic mass is 35.5. The Hall–Kier alpha value is -9.16. The third-order valence-corrected chi connectivity index (χ3v) is 11.5. The van der Waals surface area contributed by atoms with Crippen LogP contribution in [0.1, 0.15) is 33.4 Å². The van der Waals surface area contributed by atoms with Crippen LogP contribution >= 0.6 is 23.2 Å². The first-order valence-electron chi connectivity index (χ1n) is 22.7. The molecule has 356 valence electrons. The molecule has 0 bridgehead atoms. The summed E-state index contributed by atoms with van der Waals surface area (Å²) in [6.07, 6.45) is 5.31. The van der Waals surface area contributed by atoms with E-state index < -0.39 is 0 Å². The Morgan fingerprint density at radius 1 is 0.472 bits per heavy atom. The van der Waals surface area contributed by atoms with E-state index >= 15 is 0 Å². The minimum absolute atomic E-state index is 0.235. The number of pyridine rings is 2.